The van der Waals surface area contributed by atoms with Crippen LogP contribution in [-0.4, -0.2) is 66.8 Å². The Morgan fingerprint density at radius 1 is 1.09 bits per heavy atom. The van der Waals surface area contributed by atoms with E-state index in [9.17, 15) is 8.78 Å². The Kier molecular flexibility index (Phi) is 20.6. The van der Waals surface area contributed by atoms with Gasteiger partial charge in [-0.2, -0.15) is 5.06 Å². The first kappa shape index (κ1) is 41.3. The van der Waals surface area contributed by atoms with E-state index in [-0.39, 0.29) is 68.5 Å². The van der Waals surface area contributed by atoms with Gasteiger partial charge in [-0.05, 0) is 49.5 Å². The zero-order chi connectivity index (χ0) is 31.9. The molecular weight excluding hydrogens is 610 g/mol. The number of benzene rings is 1. The molecule has 3 aliphatic heterocycles. The van der Waals surface area contributed by atoms with Crippen LogP contribution < -0.4 is 67.6 Å². The van der Waals surface area contributed by atoms with Crippen LogP contribution in [0, 0.1) is 17.8 Å². The van der Waals surface area contributed by atoms with Crippen molar-refractivity contribution in [2.75, 3.05) is 27.2 Å². The van der Waals surface area contributed by atoms with Crippen LogP contribution in [-0.2, 0) is 16.1 Å². The maximum Gasteiger partial charge on any atom is 1.00 e. The number of likely N-dealkylation sites (N-methyl/N-ethyl adjacent to an activating group) is 1. The number of rotatable bonds is 7. The van der Waals surface area contributed by atoms with E-state index in [1.165, 1.54) is 32.2 Å². The zero-order valence-electron chi connectivity index (χ0n) is 28.2. The van der Waals surface area contributed by atoms with Crippen molar-refractivity contribution in [3.05, 3.63) is 52.7 Å². The van der Waals surface area contributed by atoms with Gasteiger partial charge in [-0.3, -0.25) is 15.2 Å². The third kappa shape index (κ3) is 12.5. The average Bonchev–Trinajstić information content (AvgIpc) is 3.78. The largest absolute Gasteiger partial charge is 1.00 e. The minimum atomic E-state index is -2.56. The number of alkyl halides is 2. The standard InChI is InChI=1S/C26H33F2N6O2S.3C2H6.K/c1-16-33(2)10-11-34(36-16)15-18-6-8-21(30-26-32-31-24(37-26)9-7-17-4-5-17)19(12-18)20-13-22(25(27)28)29-14-23(20)35-3;3*1-2;/h6,8,12-14,16-17,22,24-26,29,31-32H,4-5,10-11,15H2,1-3H3;3*1-2H3;/q-1;;;;+1. The third-order valence-electron chi connectivity index (χ3n) is 6.70. The first-order chi connectivity index (χ1) is 20.9. The van der Waals surface area contributed by atoms with Crippen molar-refractivity contribution in [2.24, 2.45) is 5.92 Å². The van der Waals surface area contributed by atoms with Gasteiger partial charge in [-0.1, -0.05) is 71.6 Å². The molecule has 242 valence electrons. The van der Waals surface area contributed by atoms with E-state index in [1.807, 2.05) is 78.8 Å². The van der Waals surface area contributed by atoms with E-state index in [1.54, 1.807) is 11.8 Å². The number of hydrazine groups is 1. The maximum atomic E-state index is 13.6. The topological polar surface area (TPSA) is 75.1 Å². The molecule has 2 saturated heterocycles. The molecule has 12 heteroatoms. The molecule has 8 nitrogen and oxygen atoms in total. The van der Waals surface area contributed by atoms with Crippen LogP contribution >= 0.6 is 11.8 Å². The number of dihydropyridines is 1. The van der Waals surface area contributed by atoms with Gasteiger partial charge in [0.1, 0.15) is 23.4 Å². The number of nitrogens with one attached hydrogen (secondary N) is 3. The number of hydrogen-bond donors (Lipinski definition) is 3. The fourth-order valence-electron chi connectivity index (χ4n) is 4.25. The van der Waals surface area contributed by atoms with E-state index < -0.39 is 12.5 Å². The number of hydroxylamine groups is 2. The molecule has 4 unspecified atom stereocenters. The molecule has 3 fully saturated rings. The molecule has 1 aliphatic carbocycles. The van der Waals surface area contributed by atoms with Gasteiger partial charge in [0.2, 0.25) is 0 Å². The predicted molar refractivity (Wildman–Crippen MR) is 175 cm³/mol. The summed E-state index contributed by atoms with van der Waals surface area (Å²) in [5.74, 6) is 7.55. The van der Waals surface area contributed by atoms with Crippen molar-refractivity contribution in [3.63, 3.8) is 0 Å². The minimum Gasteiger partial charge on any atom is -0.660 e. The fraction of sp³-hybridized carbons (Fsp3) is 0.625. The van der Waals surface area contributed by atoms with Crippen molar-refractivity contribution >= 4 is 23.0 Å². The molecule has 1 aromatic carbocycles. The van der Waals surface area contributed by atoms with Crippen molar-refractivity contribution in [1.29, 1.82) is 0 Å². The Balaban J connectivity index is 0.00000130. The summed E-state index contributed by atoms with van der Waals surface area (Å²) in [6.07, 6.45) is 2.81. The molecule has 0 amide bonds. The van der Waals surface area contributed by atoms with Crippen LogP contribution in [0.5, 0.6) is 0 Å². The van der Waals surface area contributed by atoms with Gasteiger partial charge < -0.3 is 15.4 Å². The van der Waals surface area contributed by atoms with E-state index in [4.69, 9.17) is 14.9 Å². The van der Waals surface area contributed by atoms with Gasteiger partial charge in [-0.25, -0.2) is 14.2 Å². The normalized spacial score (nSPS) is 24.5. The van der Waals surface area contributed by atoms with E-state index >= 15 is 0 Å². The van der Waals surface area contributed by atoms with Crippen LogP contribution in [0.25, 0.3) is 10.9 Å². The Bertz CT molecular complexity index is 1110. The molecule has 0 spiro atoms. The quantitative estimate of drug-likeness (QED) is 0.302. The third-order valence-corrected chi connectivity index (χ3v) is 7.69. The summed E-state index contributed by atoms with van der Waals surface area (Å²) in [4.78, 5) is 8.16. The minimum absolute atomic E-state index is 0. The first-order valence-electron chi connectivity index (χ1n) is 15.5. The number of methoxy groups -OCH3 is 1. The second-order valence-electron chi connectivity index (χ2n) is 9.57. The Labute approximate surface area is 311 Å². The number of halogens is 2. The van der Waals surface area contributed by atoms with Crippen LogP contribution in [0.15, 0.2) is 36.2 Å². The van der Waals surface area contributed by atoms with Gasteiger partial charge in [0.15, 0.2) is 0 Å². The van der Waals surface area contributed by atoms with Gasteiger partial charge in [0.05, 0.1) is 7.11 Å². The Morgan fingerprint density at radius 3 is 2.41 bits per heavy atom. The molecule has 44 heavy (non-hydrogen) atoms. The Hall–Kier alpha value is -0.694. The molecule has 1 aromatic rings. The number of allylic oxidation sites excluding steroid dienone is 1. The van der Waals surface area contributed by atoms with Gasteiger partial charge in [-0.15, -0.1) is 17.4 Å². The van der Waals surface area contributed by atoms with Gasteiger partial charge >= 0.3 is 51.4 Å². The number of nitrogens with zero attached hydrogens (tertiary/aromatic N) is 3. The molecule has 5 rings (SSSR count). The van der Waals surface area contributed by atoms with Crippen LogP contribution in [0.2, 0.25) is 0 Å². The van der Waals surface area contributed by atoms with E-state index in [2.05, 4.69) is 32.9 Å². The molecule has 3 N–H and O–H groups in total. The second kappa shape index (κ2) is 22.0. The SMILES string of the molecule is CC.CC.CC.COC1=CNC(C(F)F)C=C1c1cc(CN2CCN(C)C(C)O2)ccc1[N-]C1NNC(C#CC2CC2)S1.[K+]. The van der Waals surface area contributed by atoms with Crippen LogP contribution in [0.4, 0.5) is 14.5 Å². The van der Waals surface area contributed by atoms with Gasteiger partial charge in [0.25, 0.3) is 6.43 Å². The van der Waals surface area contributed by atoms with E-state index in [0.29, 0.717) is 29.5 Å². The molecule has 3 heterocycles. The molecule has 0 radical (unpaired) electrons. The summed E-state index contributed by atoms with van der Waals surface area (Å²) in [6, 6.07) is 4.82. The summed E-state index contributed by atoms with van der Waals surface area (Å²) in [6.45, 7) is 16.2. The Morgan fingerprint density at radius 2 is 1.80 bits per heavy atom. The molecule has 1 saturated carbocycles. The van der Waals surface area contributed by atoms with Crippen LogP contribution in [0.1, 0.15) is 72.4 Å². The number of ether oxygens (including phenoxy) is 1. The smallest absolute Gasteiger partial charge is 0.660 e. The zero-order valence-corrected chi connectivity index (χ0v) is 32.1. The number of thioether (sulfide) groups is 1. The monoisotopic (exact) mass is 660 g/mol. The summed E-state index contributed by atoms with van der Waals surface area (Å²) in [5.41, 5.74) is 9.09. The maximum absolute atomic E-state index is 13.6. The van der Waals surface area contributed by atoms with Gasteiger partial charge in [0, 0.05) is 37.3 Å². The summed E-state index contributed by atoms with van der Waals surface area (Å²) in [7, 11) is 3.57. The average molecular weight is 661 g/mol. The summed E-state index contributed by atoms with van der Waals surface area (Å²) in [5, 5.41) is 9.52. The molecule has 0 aromatic heterocycles. The summed E-state index contributed by atoms with van der Waals surface area (Å²) >= 11 is 1.58. The van der Waals surface area contributed by atoms with Crippen molar-refractivity contribution in [3.8, 4) is 11.8 Å². The first-order valence-corrected chi connectivity index (χ1v) is 16.5. The molecule has 4 aliphatic rings. The van der Waals surface area contributed by atoms with Crippen molar-refractivity contribution < 1.29 is 69.7 Å². The second-order valence-corrected chi connectivity index (χ2v) is 10.8. The van der Waals surface area contributed by atoms with E-state index in [0.717, 1.165) is 24.2 Å². The molecule has 4 atom stereocenters. The molecule has 0 bridgehead atoms. The predicted octanol–water partition coefficient (Wildman–Crippen LogP) is 3.77. The van der Waals surface area contributed by atoms with Crippen molar-refractivity contribution in [1.82, 2.24) is 26.1 Å². The molecular formula is C32H51F2KN6O2S. The fourth-order valence-corrected chi connectivity index (χ4v) is 5.09. The van der Waals surface area contributed by atoms with Crippen LogP contribution in [0.3, 0.4) is 0 Å². The van der Waals surface area contributed by atoms with Crippen molar-refractivity contribution in [2.45, 2.75) is 97.4 Å². The number of hydrogen-bond acceptors (Lipinski definition) is 8. The summed E-state index contributed by atoms with van der Waals surface area (Å²) < 4.78 is 32.8.